The zero-order valence-corrected chi connectivity index (χ0v) is 20.9. The molecule has 0 amide bonds. The highest BCUT2D eigenvalue weighted by Gasteiger charge is 2.42. The maximum atomic E-state index is 12.5. The topological polar surface area (TPSA) is 59.4 Å². The number of aromatic nitrogens is 2. The molecule has 5 rings (SSSR count). The molecule has 6 nitrogen and oxygen atoms in total. The van der Waals surface area contributed by atoms with Crippen molar-refractivity contribution < 1.29 is 9.53 Å². The molecule has 0 unspecified atom stereocenters. The number of rotatable bonds is 6. The van der Waals surface area contributed by atoms with Crippen LogP contribution in [0.25, 0.3) is 16.5 Å². The average Bonchev–Trinajstić information content (AvgIpc) is 3.34. The van der Waals surface area contributed by atoms with Gasteiger partial charge < -0.3 is 19.5 Å². The number of carbonyl (C=O) groups excluding carboxylic acids is 1. The third kappa shape index (κ3) is 4.17. The van der Waals surface area contributed by atoms with E-state index < -0.39 is 0 Å². The van der Waals surface area contributed by atoms with Gasteiger partial charge in [-0.05, 0) is 68.2 Å². The predicted octanol–water partition coefficient (Wildman–Crippen LogP) is 5.18. The largest absolute Gasteiger partial charge is 0.465 e. The van der Waals surface area contributed by atoms with Gasteiger partial charge >= 0.3 is 5.97 Å². The number of esters is 1. The Hall–Kier alpha value is -3.71. The molecule has 0 aliphatic carbocycles. The Morgan fingerprint density at radius 3 is 2.63 bits per heavy atom. The van der Waals surface area contributed by atoms with E-state index in [1.54, 1.807) is 6.20 Å². The number of carbonyl (C=O) groups is 1. The van der Waals surface area contributed by atoms with Crippen molar-refractivity contribution in [3.05, 3.63) is 95.6 Å². The lowest BCUT2D eigenvalue weighted by Crippen LogP contribution is -2.35. The van der Waals surface area contributed by atoms with E-state index in [0.29, 0.717) is 11.7 Å². The standard InChI is InChI=1S/C28H28N4O2S/c1-4-34-25(33)17-31-27(26(30-28(31)35)23-13-7-8-15-29-23)22-16-18(2)32(19(22)3)24-14-9-11-20-10-5-6-12-21(20)24/h5-16,26-27H,4,17H2,1-3H3,(H,30,35)/t26-,27-/m0/s1. The van der Waals surface area contributed by atoms with Crippen LogP contribution in [0.4, 0.5) is 0 Å². The first-order valence-electron chi connectivity index (χ1n) is 11.8. The minimum Gasteiger partial charge on any atom is -0.465 e. The first kappa shape index (κ1) is 23.1. The van der Waals surface area contributed by atoms with Crippen LogP contribution in [-0.4, -0.2) is 38.7 Å². The second-order valence-corrected chi connectivity index (χ2v) is 9.11. The van der Waals surface area contributed by atoms with Crippen LogP contribution in [0, 0.1) is 13.8 Å². The number of aryl methyl sites for hydroxylation is 1. The van der Waals surface area contributed by atoms with E-state index >= 15 is 0 Å². The molecule has 0 radical (unpaired) electrons. The number of benzene rings is 2. The van der Waals surface area contributed by atoms with Gasteiger partial charge in [0.25, 0.3) is 0 Å². The number of hydrogen-bond donors (Lipinski definition) is 1. The van der Waals surface area contributed by atoms with Crippen molar-refractivity contribution in [1.82, 2.24) is 19.8 Å². The van der Waals surface area contributed by atoms with E-state index in [9.17, 15) is 4.79 Å². The Labute approximate surface area is 210 Å². The SMILES string of the molecule is CCOC(=O)CN1C(=S)N[C@@H](c2ccccn2)[C@@H]1c1cc(C)n(-c2cccc3ccccc23)c1C. The summed E-state index contributed by atoms with van der Waals surface area (Å²) in [6.45, 7) is 6.46. The van der Waals surface area contributed by atoms with E-state index in [4.69, 9.17) is 17.0 Å². The van der Waals surface area contributed by atoms with Gasteiger partial charge in [-0.2, -0.15) is 0 Å². The van der Waals surface area contributed by atoms with Gasteiger partial charge in [0, 0.05) is 23.0 Å². The van der Waals surface area contributed by atoms with Crippen LogP contribution in [0.15, 0.2) is 72.9 Å². The maximum absolute atomic E-state index is 12.5. The van der Waals surface area contributed by atoms with Crippen LogP contribution in [0.3, 0.4) is 0 Å². The summed E-state index contributed by atoms with van der Waals surface area (Å²) in [7, 11) is 0. The summed E-state index contributed by atoms with van der Waals surface area (Å²) >= 11 is 5.71. The number of fused-ring (bicyclic) bond motifs is 1. The van der Waals surface area contributed by atoms with Gasteiger partial charge in [0.05, 0.1) is 30.1 Å². The van der Waals surface area contributed by atoms with Gasteiger partial charge in [-0.1, -0.05) is 42.5 Å². The van der Waals surface area contributed by atoms with Gasteiger partial charge in [-0.3, -0.25) is 9.78 Å². The highest BCUT2D eigenvalue weighted by Crippen LogP contribution is 2.41. The molecule has 0 spiro atoms. The minimum absolute atomic E-state index is 0.0750. The van der Waals surface area contributed by atoms with Crippen LogP contribution < -0.4 is 5.32 Å². The number of hydrogen-bond acceptors (Lipinski definition) is 4. The zero-order valence-electron chi connectivity index (χ0n) is 20.1. The highest BCUT2D eigenvalue weighted by molar-refractivity contribution is 7.80. The summed E-state index contributed by atoms with van der Waals surface area (Å²) < 4.78 is 7.55. The average molecular weight is 485 g/mol. The molecule has 1 aliphatic heterocycles. The third-order valence-electron chi connectivity index (χ3n) is 6.60. The molecular weight excluding hydrogens is 456 g/mol. The van der Waals surface area contributed by atoms with Gasteiger partial charge in [0.15, 0.2) is 5.11 Å². The number of ether oxygens (including phenoxy) is 1. The fraction of sp³-hybridized carbons (Fsp3) is 0.250. The molecule has 35 heavy (non-hydrogen) atoms. The summed E-state index contributed by atoms with van der Waals surface area (Å²) in [4.78, 5) is 19.1. The van der Waals surface area contributed by atoms with Crippen LogP contribution in [0.5, 0.6) is 0 Å². The summed E-state index contributed by atoms with van der Waals surface area (Å²) in [5.74, 6) is -0.300. The molecule has 0 saturated carbocycles. The fourth-order valence-corrected chi connectivity index (χ4v) is 5.43. The Bertz CT molecular complexity index is 1390. The van der Waals surface area contributed by atoms with Crippen molar-refractivity contribution >= 4 is 34.1 Å². The molecule has 1 saturated heterocycles. The smallest absolute Gasteiger partial charge is 0.325 e. The molecule has 7 heteroatoms. The number of nitrogens with zero attached hydrogens (tertiary/aromatic N) is 3. The van der Waals surface area contributed by atoms with Crippen molar-refractivity contribution in [1.29, 1.82) is 0 Å². The third-order valence-corrected chi connectivity index (χ3v) is 6.95. The van der Waals surface area contributed by atoms with Crippen LogP contribution in [-0.2, 0) is 9.53 Å². The maximum Gasteiger partial charge on any atom is 0.325 e. The van der Waals surface area contributed by atoms with Crippen molar-refractivity contribution in [3.63, 3.8) is 0 Å². The summed E-state index contributed by atoms with van der Waals surface area (Å²) in [6, 6.07) is 22.4. The van der Waals surface area contributed by atoms with E-state index in [1.165, 1.54) is 10.8 Å². The highest BCUT2D eigenvalue weighted by atomic mass is 32.1. The van der Waals surface area contributed by atoms with Crippen LogP contribution in [0.1, 0.15) is 41.7 Å². The normalized spacial score (nSPS) is 17.6. The second-order valence-electron chi connectivity index (χ2n) is 8.72. The molecule has 178 valence electrons. The monoisotopic (exact) mass is 484 g/mol. The van der Waals surface area contributed by atoms with Gasteiger partial charge in [0.1, 0.15) is 6.54 Å². The Morgan fingerprint density at radius 2 is 1.86 bits per heavy atom. The number of thiocarbonyl (C=S) groups is 1. The summed E-state index contributed by atoms with van der Waals surface area (Å²) in [5, 5.41) is 6.32. The lowest BCUT2D eigenvalue weighted by atomic mass is 9.96. The van der Waals surface area contributed by atoms with E-state index in [-0.39, 0.29) is 24.6 Å². The van der Waals surface area contributed by atoms with E-state index in [2.05, 4.69) is 77.2 Å². The van der Waals surface area contributed by atoms with E-state index in [0.717, 1.165) is 28.3 Å². The Morgan fingerprint density at radius 1 is 1.09 bits per heavy atom. The summed E-state index contributed by atoms with van der Waals surface area (Å²) in [6.07, 6.45) is 1.78. The lowest BCUT2D eigenvalue weighted by Gasteiger charge is -2.27. The second kappa shape index (κ2) is 9.50. The Balaban J connectivity index is 1.65. The molecular formula is C28H28N4O2S. The van der Waals surface area contributed by atoms with Crippen LogP contribution >= 0.6 is 12.2 Å². The van der Waals surface area contributed by atoms with Gasteiger partial charge in [-0.15, -0.1) is 0 Å². The van der Waals surface area contributed by atoms with Crippen molar-refractivity contribution in [2.45, 2.75) is 32.9 Å². The molecule has 0 bridgehead atoms. The Kier molecular flexibility index (Phi) is 6.26. The van der Waals surface area contributed by atoms with Gasteiger partial charge in [-0.25, -0.2) is 0 Å². The molecule has 1 fully saturated rings. The van der Waals surface area contributed by atoms with Crippen molar-refractivity contribution in [2.75, 3.05) is 13.2 Å². The fourth-order valence-electron chi connectivity index (χ4n) is 5.12. The van der Waals surface area contributed by atoms with Crippen molar-refractivity contribution in [2.24, 2.45) is 0 Å². The zero-order chi connectivity index (χ0) is 24.5. The van der Waals surface area contributed by atoms with Gasteiger partial charge in [0.2, 0.25) is 0 Å². The molecule has 3 heterocycles. The molecule has 2 aromatic heterocycles. The predicted molar refractivity (Wildman–Crippen MR) is 142 cm³/mol. The minimum atomic E-state index is -0.300. The van der Waals surface area contributed by atoms with Crippen LogP contribution in [0.2, 0.25) is 0 Å². The first-order chi connectivity index (χ1) is 17.0. The number of pyridine rings is 1. The summed E-state index contributed by atoms with van der Waals surface area (Å²) in [5.41, 5.74) is 5.32. The lowest BCUT2D eigenvalue weighted by molar-refractivity contribution is -0.143. The quantitative estimate of drug-likeness (QED) is 0.301. The molecule has 2 atom stereocenters. The van der Waals surface area contributed by atoms with E-state index in [1.807, 2.05) is 30.0 Å². The van der Waals surface area contributed by atoms with Crippen molar-refractivity contribution in [3.8, 4) is 5.69 Å². The molecule has 2 aromatic carbocycles. The first-order valence-corrected chi connectivity index (χ1v) is 12.2. The molecule has 1 aliphatic rings. The molecule has 4 aromatic rings. The number of nitrogens with one attached hydrogen (secondary N) is 1. The molecule has 1 N–H and O–H groups in total.